The summed E-state index contributed by atoms with van der Waals surface area (Å²) in [7, 11) is -4.77. The van der Waals surface area contributed by atoms with Crippen molar-refractivity contribution in [1.29, 1.82) is 0 Å². The van der Waals surface area contributed by atoms with Crippen LogP contribution in [0.3, 0.4) is 0 Å². The largest absolute Gasteiger partial charge is 0.462 e. The summed E-state index contributed by atoms with van der Waals surface area (Å²) in [6.45, 7) is 4.79. The van der Waals surface area contributed by atoms with Crippen molar-refractivity contribution in [1.82, 2.24) is 0 Å². The number of carbonyl (C=O) groups excluding carboxylic acids is 2. The van der Waals surface area contributed by atoms with Gasteiger partial charge in [0.15, 0.2) is 0 Å². The van der Waals surface area contributed by atoms with Gasteiger partial charge < -0.3 is 9.47 Å². The van der Waals surface area contributed by atoms with Crippen LogP contribution in [0.15, 0.2) is 47.4 Å². The molecule has 56 heavy (non-hydrogen) atoms. The molecule has 8 heteroatoms. The summed E-state index contributed by atoms with van der Waals surface area (Å²) in [5.74, 6) is -1.75. The summed E-state index contributed by atoms with van der Waals surface area (Å²) < 4.78 is 44.9. The predicted molar refractivity (Wildman–Crippen MR) is 234 cm³/mol. The number of allylic oxidation sites excluding steroid dienone is 4. The average molecular weight is 803 g/mol. The van der Waals surface area contributed by atoms with E-state index in [-0.39, 0.29) is 18.8 Å². The van der Waals surface area contributed by atoms with Gasteiger partial charge in [-0.05, 0) is 76.3 Å². The number of rotatable bonds is 39. The Morgan fingerprint density at radius 3 is 1.16 bits per heavy atom. The summed E-state index contributed by atoms with van der Waals surface area (Å²) in [4.78, 5) is 25.4. The van der Waals surface area contributed by atoms with Gasteiger partial charge in [-0.15, -0.1) is 0 Å². The van der Waals surface area contributed by atoms with Crippen LogP contribution < -0.4 is 0 Å². The molecule has 0 saturated carbocycles. The first kappa shape index (κ1) is 51.6. The van der Waals surface area contributed by atoms with Crippen molar-refractivity contribution in [3.05, 3.63) is 53.6 Å². The molecule has 0 aliphatic rings. The van der Waals surface area contributed by atoms with Crippen LogP contribution >= 0.6 is 0 Å². The van der Waals surface area contributed by atoms with E-state index in [4.69, 9.17) is 9.47 Å². The molecule has 322 valence electrons. The van der Waals surface area contributed by atoms with Crippen LogP contribution in [0.5, 0.6) is 0 Å². The first-order valence-corrected chi connectivity index (χ1v) is 24.5. The van der Waals surface area contributed by atoms with Crippen molar-refractivity contribution >= 4 is 22.1 Å². The standard InChI is InChI=1S/C48H82O7S/c1-3-5-7-9-11-13-15-17-19-21-23-25-27-29-31-33-35-37-42-54-47(49)44-40-39-41-45(56(51,52)53)46(44)48(50)55-43-38-36-34-32-30-28-26-24-22-20-18-16-14-12-10-8-6-4-2/h17-20,39-41H,3-16,21-38,42-43H2,1-2H3,(H,51,52,53)/b19-17+,20-18+. The summed E-state index contributed by atoms with van der Waals surface area (Å²) in [5.41, 5.74) is -0.679. The lowest BCUT2D eigenvalue weighted by atomic mass is 10.1. The first-order chi connectivity index (χ1) is 27.3. The summed E-state index contributed by atoms with van der Waals surface area (Å²) >= 11 is 0. The lowest BCUT2D eigenvalue weighted by Gasteiger charge is -2.13. The minimum atomic E-state index is -4.77. The molecule has 0 aliphatic carbocycles. The SMILES string of the molecule is CCCCCCCC/C=C/CCCCCCCCCCOC(=O)c1cccc(S(=O)(=O)O)c1C(=O)OCCCCCCCCCC/C=C/CCCCCCCC. The summed E-state index contributed by atoms with van der Waals surface area (Å²) in [5, 5.41) is 0. The van der Waals surface area contributed by atoms with E-state index in [9.17, 15) is 22.6 Å². The Bertz CT molecular complexity index is 1270. The molecular formula is C48H82O7S. The van der Waals surface area contributed by atoms with E-state index in [1.165, 1.54) is 166 Å². The number of unbranched alkanes of at least 4 members (excludes halogenated alkanes) is 28. The van der Waals surface area contributed by atoms with E-state index in [2.05, 4.69) is 38.2 Å². The maximum absolute atomic E-state index is 13.1. The molecule has 1 aromatic carbocycles. The molecule has 1 N–H and O–H groups in total. The Morgan fingerprint density at radius 2 is 0.804 bits per heavy atom. The van der Waals surface area contributed by atoms with Crippen molar-refractivity contribution < 1.29 is 32.0 Å². The van der Waals surface area contributed by atoms with Crippen LogP contribution in [-0.2, 0) is 19.6 Å². The number of esters is 2. The van der Waals surface area contributed by atoms with Gasteiger partial charge in [0.05, 0.1) is 24.3 Å². The van der Waals surface area contributed by atoms with Crippen molar-refractivity contribution in [3.63, 3.8) is 0 Å². The molecule has 0 amide bonds. The minimum Gasteiger partial charge on any atom is -0.462 e. The fourth-order valence-corrected chi connectivity index (χ4v) is 7.71. The Balaban J connectivity index is 2.21. The molecule has 0 bridgehead atoms. The molecule has 1 aromatic rings. The molecular weight excluding hydrogens is 721 g/mol. The van der Waals surface area contributed by atoms with Gasteiger partial charge in [-0.1, -0.05) is 185 Å². The smallest absolute Gasteiger partial charge is 0.340 e. The van der Waals surface area contributed by atoms with Crippen LogP contribution in [0, 0.1) is 0 Å². The third-order valence-corrected chi connectivity index (χ3v) is 11.4. The number of hydrogen-bond donors (Lipinski definition) is 1. The molecule has 0 heterocycles. The van der Waals surface area contributed by atoms with Gasteiger partial charge in [-0.3, -0.25) is 4.55 Å². The number of hydrogen-bond acceptors (Lipinski definition) is 6. The van der Waals surface area contributed by atoms with Crippen LogP contribution in [0.1, 0.15) is 240 Å². The summed E-state index contributed by atoms with van der Waals surface area (Å²) in [6.07, 6.45) is 47.7. The van der Waals surface area contributed by atoms with Gasteiger partial charge in [0.2, 0.25) is 0 Å². The van der Waals surface area contributed by atoms with Crippen molar-refractivity contribution in [2.24, 2.45) is 0 Å². The molecule has 7 nitrogen and oxygen atoms in total. The quantitative estimate of drug-likeness (QED) is 0.0306. The lowest BCUT2D eigenvalue weighted by Crippen LogP contribution is -2.19. The molecule has 0 aromatic heterocycles. The van der Waals surface area contributed by atoms with Crippen molar-refractivity contribution in [2.45, 2.75) is 224 Å². The first-order valence-electron chi connectivity index (χ1n) is 23.1. The van der Waals surface area contributed by atoms with Crippen LogP contribution in [-0.4, -0.2) is 38.1 Å². The van der Waals surface area contributed by atoms with E-state index < -0.39 is 32.5 Å². The molecule has 1 rings (SSSR count). The Labute approximate surface area is 344 Å². The third-order valence-electron chi connectivity index (χ3n) is 10.5. The molecule has 0 saturated heterocycles. The second kappa shape index (κ2) is 36.9. The van der Waals surface area contributed by atoms with Crippen LogP contribution in [0.25, 0.3) is 0 Å². The third kappa shape index (κ3) is 28.9. The molecule has 0 spiro atoms. The fourth-order valence-electron chi connectivity index (χ4n) is 7.01. The van der Waals surface area contributed by atoms with E-state index >= 15 is 0 Å². The van der Waals surface area contributed by atoms with Gasteiger partial charge in [-0.2, -0.15) is 8.42 Å². The normalized spacial score (nSPS) is 11.9. The highest BCUT2D eigenvalue weighted by molar-refractivity contribution is 7.86. The maximum Gasteiger partial charge on any atom is 0.340 e. The number of benzene rings is 1. The molecule has 0 atom stereocenters. The van der Waals surface area contributed by atoms with E-state index in [1.807, 2.05) is 0 Å². The van der Waals surface area contributed by atoms with Crippen LogP contribution in [0.2, 0.25) is 0 Å². The Hall–Kier alpha value is -2.45. The number of carbonyl (C=O) groups is 2. The van der Waals surface area contributed by atoms with Gasteiger partial charge in [0, 0.05) is 0 Å². The highest BCUT2D eigenvalue weighted by Crippen LogP contribution is 2.23. The zero-order chi connectivity index (χ0) is 40.8. The predicted octanol–water partition coefficient (Wildman–Crippen LogP) is 14.9. The van der Waals surface area contributed by atoms with E-state index in [0.717, 1.165) is 44.6 Å². The van der Waals surface area contributed by atoms with Gasteiger partial charge in [-0.25, -0.2) is 9.59 Å². The van der Waals surface area contributed by atoms with Crippen LogP contribution in [0.4, 0.5) is 0 Å². The second-order valence-corrected chi connectivity index (χ2v) is 17.1. The Kier molecular flexibility index (Phi) is 33.9. The Morgan fingerprint density at radius 1 is 0.482 bits per heavy atom. The fraction of sp³-hybridized carbons (Fsp3) is 0.750. The van der Waals surface area contributed by atoms with E-state index in [0.29, 0.717) is 12.8 Å². The molecule has 0 unspecified atom stereocenters. The summed E-state index contributed by atoms with van der Waals surface area (Å²) in [6, 6.07) is 3.76. The van der Waals surface area contributed by atoms with Gasteiger partial charge >= 0.3 is 11.9 Å². The molecule has 0 fully saturated rings. The van der Waals surface area contributed by atoms with Gasteiger partial charge in [0.1, 0.15) is 4.90 Å². The molecule has 0 radical (unpaired) electrons. The number of ether oxygens (including phenoxy) is 2. The zero-order valence-electron chi connectivity index (χ0n) is 35.9. The zero-order valence-corrected chi connectivity index (χ0v) is 36.7. The monoisotopic (exact) mass is 803 g/mol. The second-order valence-electron chi connectivity index (χ2n) is 15.7. The lowest BCUT2D eigenvalue weighted by molar-refractivity contribution is 0.0446. The average Bonchev–Trinajstić information content (AvgIpc) is 3.18. The maximum atomic E-state index is 13.1. The van der Waals surface area contributed by atoms with Gasteiger partial charge in [0.25, 0.3) is 10.1 Å². The highest BCUT2D eigenvalue weighted by Gasteiger charge is 2.28. The van der Waals surface area contributed by atoms with Crippen molar-refractivity contribution in [3.8, 4) is 0 Å². The molecule has 0 aliphatic heterocycles. The topological polar surface area (TPSA) is 107 Å². The van der Waals surface area contributed by atoms with Crippen molar-refractivity contribution in [2.75, 3.05) is 13.2 Å². The van der Waals surface area contributed by atoms with E-state index in [1.54, 1.807) is 0 Å². The highest BCUT2D eigenvalue weighted by atomic mass is 32.2. The minimum absolute atomic E-state index is 0.106.